The van der Waals surface area contributed by atoms with E-state index in [2.05, 4.69) is 0 Å². The van der Waals surface area contributed by atoms with Crippen LogP contribution in [0.15, 0.2) is 18.3 Å². The monoisotopic (exact) mass is 272 g/mol. The van der Waals surface area contributed by atoms with Crippen LogP contribution >= 0.6 is 0 Å². The first-order chi connectivity index (χ1) is 9.04. The van der Waals surface area contributed by atoms with Gasteiger partial charge in [0, 0.05) is 37.3 Å². The summed E-state index contributed by atoms with van der Waals surface area (Å²) in [7, 11) is 1.80. The number of aliphatic hydroxyl groups excluding tert-OH is 1. The van der Waals surface area contributed by atoms with Gasteiger partial charge in [-0.3, -0.25) is 0 Å². The quantitative estimate of drug-likeness (QED) is 0.843. The number of nitrogens with zero attached hydrogens (tertiary/aromatic N) is 2. The minimum Gasteiger partial charge on any atom is -0.395 e. The first kappa shape index (κ1) is 13.9. The van der Waals surface area contributed by atoms with Crippen molar-refractivity contribution in [1.82, 2.24) is 9.47 Å². The van der Waals surface area contributed by atoms with Gasteiger partial charge in [0.25, 0.3) is 0 Å². The van der Waals surface area contributed by atoms with E-state index in [1.165, 1.54) is 16.8 Å². The summed E-state index contributed by atoms with van der Waals surface area (Å²) in [6, 6.07) is 1.99. The van der Waals surface area contributed by atoms with Gasteiger partial charge in [-0.05, 0) is 13.1 Å². The molecule has 2 rings (SSSR count). The molecule has 19 heavy (non-hydrogen) atoms. The highest BCUT2D eigenvalue weighted by molar-refractivity contribution is 5.81. The van der Waals surface area contributed by atoms with Crippen molar-refractivity contribution in [1.29, 1.82) is 0 Å². The van der Waals surface area contributed by atoms with Gasteiger partial charge in [-0.15, -0.1) is 0 Å². The van der Waals surface area contributed by atoms with Crippen molar-refractivity contribution in [3.63, 3.8) is 0 Å². The van der Waals surface area contributed by atoms with E-state index < -0.39 is 17.5 Å². The minimum absolute atomic E-state index is 0.0283. The van der Waals surface area contributed by atoms with E-state index in [0.717, 1.165) is 0 Å². The Balaban J connectivity index is 2.29. The van der Waals surface area contributed by atoms with Crippen molar-refractivity contribution in [2.45, 2.75) is 6.54 Å². The van der Waals surface area contributed by atoms with Crippen LogP contribution in [0, 0.1) is 17.5 Å². The van der Waals surface area contributed by atoms with Crippen molar-refractivity contribution in [3.05, 3.63) is 35.8 Å². The number of halogens is 3. The van der Waals surface area contributed by atoms with Gasteiger partial charge in [0.2, 0.25) is 0 Å². The van der Waals surface area contributed by atoms with E-state index in [0.29, 0.717) is 25.7 Å². The van der Waals surface area contributed by atoms with Crippen molar-refractivity contribution >= 4 is 10.9 Å². The number of hydrogen-bond acceptors (Lipinski definition) is 2. The summed E-state index contributed by atoms with van der Waals surface area (Å²) in [6.07, 6.45) is 1.53. The predicted octanol–water partition coefficient (Wildman–Crippen LogP) is 1.98. The van der Waals surface area contributed by atoms with E-state index in [1.54, 1.807) is 7.05 Å². The fourth-order valence-corrected chi connectivity index (χ4v) is 2.02. The van der Waals surface area contributed by atoms with Crippen LogP contribution in [0.5, 0.6) is 0 Å². The van der Waals surface area contributed by atoms with Crippen LogP contribution in [0.25, 0.3) is 10.9 Å². The van der Waals surface area contributed by atoms with Gasteiger partial charge >= 0.3 is 0 Å². The van der Waals surface area contributed by atoms with Crippen molar-refractivity contribution in [2.75, 3.05) is 26.7 Å². The Labute approximate surface area is 108 Å². The number of benzene rings is 1. The van der Waals surface area contributed by atoms with Crippen LogP contribution in [0.1, 0.15) is 0 Å². The average Bonchev–Trinajstić information content (AvgIpc) is 2.78. The molecule has 1 heterocycles. The standard InChI is InChI=1S/C13H15F3N2O/c1-17(6-7-19)4-5-18-3-2-9-10(14)8-11(15)12(16)13(9)18/h2-3,8,19H,4-7H2,1H3. The second kappa shape index (κ2) is 5.63. The third-order valence-corrected chi connectivity index (χ3v) is 3.10. The maximum absolute atomic E-state index is 13.7. The number of fused-ring (bicyclic) bond motifs is 1. The normalized spacial score (nSPS) is 11.7. The third kappa shape index (κ3) is 2.74. The van der Waals surface area contributed by atoms with Crippen LogP contribution < -0.4 is 0 Å². The Morgan fingerprint density at radius 3 is 2.63 bits per heavy atom. The van der Waals surface area contributed by atoms with Crippen molar-refractivity contribution in [3.8, 4) is 0 Å². The molecule has 0 spiro atoms. The maximum Gasteiger partial charge on any atom is 0.183 e. The summed E-state index contributed by atoms with van der Waals surface area (Å²) >= 11 is 0. The van der Waals surface area contributed by atoms with Crippen molar-refractivity contribution < 1.29 is 18.3 Å². The smallest absolute Gasteiger partial charge is 0.183 e. The molecule has 6 heteroatoms. The minimum atomic E-state index is -1.19. The molecule has 3 nitrogen and oxygen atoms in total. The van der Waals surface area contributed by atoms with E-state index in [-0.39, 0.29) is 17.5 Å². The summed E-state index contributed by atoms with van der Waals surface area (Å²) < 4.78 is 41.9. The summed E-state index contributed by atoms with van der Waals surface area (Å²) in [6.45, 7) is 1.45. The molecule has 0 saturated heterocycles. The lowest BCUT2D eigenvalue weighted by atomic mass is 10.2. The maximum atomic E-state index is 13.7. The zero-order chi connectivity index (χ0) is 14.0. The summed E-state index contributed by atoms with van der Waals surface area (Å²) in [5.74, 6) is -2.99. The topological polar surface area (TPSA) is 28.4 Å². The first-order valence-corrected chi connectivity index (χ1v) is 5.96. The lowest BCUT2D eigenvalue weighted by Crippen LogP contribution is -2.26. The molecule has 0 unspecified atom stereocenters. The molecule has 1 aromatic carbocycles. The van der Waals surface area contributed by atoms with Crippen molar-refractivity contribution in [2.24, 2.45) is 0 Å². The summed E-state index contributed by atoms with van der Waals surface area (Å²) in [5, 5.41) is 8.85. The summed E-state index contributed by atoms with van der Waals surface area (Å²) in [5.41, 5.74) is -0.0603. The Bertz CT molecular complexity index is 583. The zero-order valence-electron chi connectivity index (χ0n) is 10.5. The molecular weight excluding hydrogens is 257 g/mol. The summed E-state index contributed by atoms with van der Waals surface area (Å²) in [4.78, 5) is 1.85. The molecule has 104 valence electrons. The number of aromatic nitrogens is 1. The van der Waals surface area contributed by atoms with Gasteiger partial charge in [-0.25, -0.2) is 13.2 Å². The molecule has 0 aliphatic rings. The Morgan fingerprint density at radius 2 is 1.95 bits per heavy atom. The third-order valence-electron chi connectivity index (χ3n) is 3.10. The highest BCUT2D eigenvalue weighted by atomic mass is 19.2. The molecule has 0 atom stereocenters. The van der Waals surface area contributed by atoms with Gasteiger partial charge < -0.3 is 14.6 Å². The lowest BCUT2D eigenvalue weighted by molar-refractivity contribution is 0.217. The predicted molar refractivity (Wildman–Crippen MR) is 66.4 cm³/mol. The molecule has 0 aliphatic carbocycles. The van der Waals surface area contributed by atoms with Crippen LogP contribution in [0.2, 0.25) is 0 Å². The molecule has 1 aromatic heterocycles. The molecule has 0 saturated carbocycles. The molecular formula is C13H15F3N2O. The lowest BCUT2D eigenvalue weighted by Gasteiger charge is -2.16. The Hall–Kier alpha value is -1.53. The molecule has 0 aliphatic heterocycles. The fourth-order valence-electron chi connectivity index (χ4n) is 2.02. The molecule has 0 bridgehead atoms. The van der Waals surface area contributed by atoms with Crippen LogP contribution in [0.3, 0.4) is 0 Å². The highest BCUT2D eigenvalue weighted by Crippen LogP contribution is 2.24. The van der Waals surface area contributed by atoms with Gasteiger partial charge in [0.05, 0.1) is 12.1 Å². The second-order valence-corrected chi connectivity index (χ2v) is 4.45. The van der Waals surface area contributed by atoms with Gasteiger partial charge in [-0.1, -0.05) is 0 Å². The van der Waals surface area contributed by atoms with Gasteiger partial charge in [0.1, 0.15) is 5.82 Å². The number of likely N-dealkylation sites (N-methyl/N-ethyl adjacent to an activating group) is 1. The van der Waals surface area contributed by atoms with E-state index in [1.807, 2.05) is 4.90 Å². The van der Waals surface area contributed by atoms with Gasteiger partial charge in [-0.2, -0.15) is 0 Å². The molecule has 0 amide bonds. The number of aliphatic hydroxyl groups is 1. The molecule has 0 radical (unpaired) electrons. The van der Waals surface area contributed by atoms with Crippen LogP contribution in [-0.4, -0.2) is 41.3 Å². The number of rotatable bonds is 5. The molecule has 0 fully saturated rings. The molecule has 1 N–H and O–H groups in total. The van der Waals surface area contributed by atoms with E-state index in [4.69, 9.17) is 5.11 Å². The molecule has 2 aromatic rings. The second-order valence-electron chi connectivity index (χ2n) is 4.45. The van der Waals surface area contributed by atoms with E-state index in [9.17, 15) is 13.2 Å². The van der Waals surface area contributed by atoms with Crippen LogP contribution in [-0.2, 0) is 6.54 Å². The average molecular weight is 272 g/mol. The number of hydrogen-bond donors (Lipinski definition) is 1. The Kier molecular flexibility index (Phi) is 4.11. The van der Waals surface area contributed by atoms with Crippen LogP contribution in [0.4, 0.5) is 13.2 Å². The van der Waals surface area contributed by atoms with Gasteiger partial charge in [0.15, 0.2) is 11.6 Å². The van der Waals surface area contributed by atoms with E-state index >= 15 is 0 Å². The Morgan fingerprint density at radius 1 is 1.21 bits per heavy atom. The zero-order valence-corrected chi connectivity index (χ0v) is 10.5. The fraction of sp³-hybridized carbons (Fsp3) is 0.385. The SMILES string of the molecule is CN(CCO)CCn1ccc2c(F)cc(F)c(F)c21. The first-order valence-electron chi connectivity index (χ1n) is 5.96. The highest BCUT2D eigenvalue weighted by Gasteiger charge is 2.16. The largest absolute Gasteiger partial charge is 0.395 e.